The number of fused-ring (bicyclic) bond motifs is 3. The van der Waals surface area contributed by atoms with Crippen molar-refractivity contribution in [1.29, 1.82) is 0 Å². The van der Waals surface area contributed by atoms with Gasteiger partial charge in [-0.3, -0.25) is 28.9 Å². The second-order valence-electron chi connectivity index (χ2n) is 12.4. The van der Waals surface area contributed by atoms with E-state index in [1.165, 1.54) is 5.56 Å². The standard InChI is InChI=1S/C30H35N2O9P.C6H14N4O2/c1-20-16-24(41-13-12-39-10-11-40-14-15-42(36,37)38)7-6-23(20)5-2-22-17-26-25-8-3-21(4-9-28(33)34)18-27(25)32-30(35)29(26)31-19-22;7-4(5(11)12)2-1-3-10-6(8)9/h3,6-8,16-19H,2,4-5,9-15H2,1H3,(H,32,35)(H,33,34)(H2,36,37,38);4H,1-3,7H2,(H,11,12)(H4,8,9,10)/t;4-/m.0/s1. The van der Waals surface area contributed by atoms with Crippen molar-refractivity contribution in [3.05, 3.63) is 81.3 Å². The fourth-order valence-corrected chi connectivity index (χ4v) is 5.60. The number of pyridine rings is 2. The number of carbonyl (C=O) groups is 2. The summed E-state index contributed by atoms with van der Waals surface area (Å²) in [7, 11) is -4.03. The van der Waals surface area contributed by atoms with E-state index in [2.05, 4.69) is 15.0 Å². The molecule has 0 aliphatic heterocycles. The second kappa shape index (κ2) is 21.7. The third kappa shape index (κ3) is 15.6. The lowest BCUT2D eigenvalue weighted by atomic mass is 9.99. The van der Waals surface area contributed by atoms with Crippen molar-refractivity contribution < 1.29 is 48.4 Å². The molecule has 0 saturated heterocycles. The third-order valence-corrected chi connectivity index (χ3v) is 8.85. The first kappa shape index (κ1) is 43.5. The summed E-state index contributed by atoms with van der Waals surface area (Å²) >= 11 is 0. The second-order valence-corrected chi connectivity index (χ2v) is 14.2. The number of guanidine groups is 1. The van der Waals surface area contributed by atoms with Gasteiger partial charge in [0.25, 0.3) is 5.56 Å². The Hall–Kier alpha value is -4.90. The van der Waals surface area contributed by atoms with Crippen LogP contribution >= 0.6 is 7.60 Å². The molecule has 4 aromatic rings. The number of nitrogens with two attached hydrogens (primary N) is 3. The summed E-state index contributed by atoms with van der Waals surface area (Å²) in [5.74, 6) is -1.12. The number of carboxylic acid groups (broad SMARTS) is 2. The van der Waals surface area contributed by atoms with Crippen LogP contribution in [0.15, 0.2) is 58.4 Å². The zero-order chi connectivity index (χ0) is 39.7. The molecule has 294 valence electrons. The molecule has 18 heteroatoms. The zero-order valence-corrected chi connectivity index (χ0v) is 31.0. The topological polar surface area (TPSA) is 296 Å². The van der Waals surface area contributed by atoms with Gasteiger partial charge in [-0.05, 0) is 85.5 Å². The molecule has 0 fully saturated rings. The molecule has 0 amide bonds. The highest BCUT2D eigenvalue weighted by Crippen LogP contribution is 2.33. The molecule has 17 nitrogen and oxygen atoms in total. The van der Waals surface area contributed by atoms with Crippen LogP contribution < -0.4 is 27.5 Å². The number of aromatic amines is 1. The molecule has 2 aromatic carbocycles. The van der Waals surface area contributed by atoms with Gasteiger partial charge in [-0.2, -0.15) is 0 Å². The molecule has 0 aliphatic carbocycles. The van der Waals surface area contributed by atoms with E-state index < -0.39 is 25.6 Å². The van der Waals surface area contributed by atoms with Crippen molar-refractivity contribution in [2.24, 2.45) is 22.2 Å². The Morgan fingerprint density at radius 3 is 2.31 bits per heavy atom. The summed E-state index contributed by atoms with van der Waals surface area (Å²) in [6, 6.07) is 12.8. The van der Waals surface area contributed by atoms with Gasteiger partial charge >= 0.3 is 19.5 Å². The van der Waals surface area contributed by atoms with Crippen LogP contribution in [-0.4, -0.2) is 99.6 Å². The van der Waals surface area contributed by atoms with E-state index in [4.69, 9.17) is 51.4 Å². The van der Waals surface area contributed by atoms with Crippen molar-refractivity contribution in [3.63, 3.8) is 0 Å². The largest absolute Gasteiger partial charge is 0.491 e. The highest BCUT2D eigenvalue weighted by Gasteiger charge is 2.13. The molecule has 0 spiro atoms. The molecular weight excluding hydrogens is 723 g/mol. The fourth-order valence-electron chi connectivity index (χ4n) is 5.23. The molecule has 4 rings (SSSR count). The lowest BCUT2D eigenvalue weighted by Crippen LogP contribution is -2.30. The Kier molecular flexibility index (Phi) is 17.5. The summed E-state index contributed by atoms with van der Waals surface area (Å²) in [5, 5.41) is 19.0. The number of aromatic nitrogens is 2. The number of ether oxygens (including phenoxy) is 3. The van der Waals surface area contributed by atoms with Crippen molar-refractivity contribution in [2.75, 3.05) is 45.7 Å². The Bertz CT molecular complexity index is 2000. The van der Waals surface area contributed by atoms with Crippen LogP contribution in [0.5, 0.6) is 5.75 Å². The predicted octanol–water partition coefficient (Wildman–Crippen LogP) is 2.23. The SMILES string of the molecule is Cc1cc(OCCOCCOCCP(=O)(O)O)ccc1CCc1cnc2c(=O)[nH]c3cc(CCC(=O)O)ccc3c2c1.NC(N)=NCCC[C@H](N)C(=O)O. The van der Waals surface area contributed by atoms with Crippen LogP contribution in [0.25, 0.3) is 21.8 Å². The summed E-state index contributed by atoms with van der Waals surface area (Å²) in [5.41, 5.74) is 20.2. The van der Waals surface area contributed by atoms with Crippen molar-refractivity contribution in [3.8, 4) is 5.75 Å². The lowest BCUT2D eigenvalue weighted by Gasteiger charge is -2.11. The quantitative estimate of drug-likeness (QED) is 0.0198. The van der Waals surface area contributed by atoms with Crippen LogP contribution in [0, 0.1) is 6.92 Å². The molecule has 54 heavy (non-hydrogen) atoms. The highest BCUT2D eigenvalue weighted by molar-refractivity contribution is 7.51. The van der Waals surface area contributed by atoms with Gasteiger partial charge in [0.2, 0.25) is 0 Å². The number of hydrogen-bond acceptors (Lipinski definition) is 10. The minimum Gasteiger partial charge on any atom is -0.491 e. The maximum Gasteiger partial charge on any atom is 0.327 e. The van der Waals surface area contributed by atoms with E-state index in [1.54, 1.807) is 6.20 Å². The Morgan fingerprint density at radius 2 is 1.65 bits per heavy atom. The van der Waals surface area contributed by atoms with Gasteiger partial charge in [-0.1, -0.05) is 18.2 Å². The molecule has 2 aromatic heterocycles. The van der Waals surface area contributed by atoms with E-state index in [-0.39, 0.29) is 37.3 Å². The highest BCUT2D eigenvalue weighted by atomic mass is 31.2. The smallest absolute Gasteiger partial charge is 0.327 e. The average Bonchev–Trinajstić information content (AvgIpc) is 3.11. The number of aryl methyl sites for hydroxylation is 4. The van der Waals surface area contributed by atoms with Gasteiger partial charge < -0.3 is 56.4 Å². The Labute approximate surface area is 311 Å². The first-order chi connectivity index (χ1) is 25.6. The van der Waals surface area contributed by atoms with Crippen molar-refractivity contribution in [2.45, 2.75) is 51.5 Å². The molecule has 0 saturated carbocycles. The molecule has 0 aliphatic rings. The van der Waals surface area contributed by atoms with E-state index in [1.807, 2.05) is 49.4 Å². The average molecular weight is 773 g/mol. The van der Waals surface area contributed by atoms with Crippen molar-refractivity contribution >= 4 is 47.3 Å². The fraction of sp³-hybridized carbons (Fsp3) is 0.417. The molecule has 11 N–H and O–H groups in total. The maximum absolute atomic E-state index is 12.7. The van der Waals surface area contributed by atoms with Gasteiger partial charge in [-0.15, -0.1) is 0 Å². The summed E-state index contributed by atoms with van der Waals surface area (Å²) < 4.78 is 27.1. The molecule has 1 atom stereocenters. The zero-order valence-electron chi connectivity index (χ0n) is 30.1. The number of aliphatic imine (C=N–C) groups is 1. The normalized spacial score (nSPS) is 11.9. The van der Waals surface area contributed by atoms with Crippen LogP contribution in [-0.2, 0) is 42.9 Å². The molecule has 0 bridgehead atoms. The number of rotatable bonds is 21. The lowest BCUT2D eigenvalue weighted by molar-refractivity contribution is -0.139. The number of nitrogens with zero attached hydrogens (tertiary/aromatic N) is 2. The van der Waals surface area contributed by atoms with Crippen LogP contribution in [0.2, 0.25) is 0 Å². The molecular formula is C36H49N6O11P. The van der Waals surface area contributed by atoms with Gasteiger partial charge in [0, 0.05) is 35.5 Å². The maximum atomic E-state index is 12.7. The summed E-state index contributed by atoms with van der Waals surface area (Å²) in [4.78, 5) is 62.4. The van der Waals surface area contributed by atoms with Gasteiger partial charge in [-0.25, -0.2) is 0 Å². The minimum absolute atomic E-state index is 0.0117. The first-order valence-corrected chi connectivity index (χ1v) is 19.0. The number of nitrogens with one attached hydrogen (secondary N) is 1. The summed E-state index contributed by atoms with van der Waals surface area (Å²) in [6.45, 7) is 3.72. The molecule has 0 unspecified atom stereocenters. The van der Waals surface area contributed by atoms with E-state index in [9.17, 15) is 18.9 Å². The van der Waals surface area contributed by atoms with Crippen molar-refractivity contribution in [1.82, 2.24) is 9.97 Å². The van der Waals surface area contributed by atoms with E-state index >= 15 is 0 Å². The van der Waals surface area contributed by atoms with E-state index in [0.717, 1.165) is 46.1 Å². The predicted molar refractivity (Wildman–Crippen MR) is 204 cm³/mol. The van der Waals surface area contributed by atoms with Crippen LogP contribution in [0.4, 0.5) is 0 Å². The monoisotopic (exact) mass is 772 g/mol. The van der Waals surface area contributed by atoms with Gasteiger partial charge in [0.05, 0.1) is 32.6 Å². The van der Waals surface area contributed by atoms with Crippen LogP contribution in [0.3, 0.4) is 0 Å². The number of aliphatic carboxylic acids is 2. The van der Waals surface area contributed by atoms with Gasteiger partial charge in [0.15, 0.2) is 5.96 Å². The third-order valence-electron chi connectivity index (χ3n) is 8.09. The van der Waals surface area contributed by atoms with Gasteiger partial charge in [0.1, 0.15) is 23.9 Å². The number of H-pyrrole nitrogens is 1. The Balaban J connectivity index is 0.000000562. The minimum atomic E-state index is -4.03. The number of hydrogen-bond donors (Lipinski definition) is 8. The molecule has 0 radical (unpaired) electrons. The van der Waals surface area contributed by atoms with E-state index in [0.29, 0.717) is 56.7 Å². The number of benzene rings is 2. The Morgan fingerprint density at radius 1 is 0.926 bits per heavy atom. The molecule has 2 heterocycles. The first-order valence-electron chi connectivity index (χ1n) is 17.2. The number of carboxylic acids is 2. The van der Waals surface area contributed by atoms with Crippen LogP contribution in [0.1, 0.15) is 41.5 Å². The summed E-state index contributed by atoms with van der Waals surface area (Å²) in [6.07, 6.45) is 4.32.